The van der Waals surface area contributed by atoms with Gasteiger partial charge in [-0.2, -0.15) is 0 Å². The van der Waals surface area contributed by atoms with Crippen LogP contribution in [0.2, 0.25) is 0 Å². The molecule has 4 heteroatoms. The van der Waals surface area contributed by atoms with E-state index in [2.05, 4.69) is 6.07 Å². The Hall–Kier alpha value is -1.06. The second-order valence-electron chi connectivity index (χ2n) is 4.82. The van der Waals surface area contributed by atoms with Gasteiger partial charge in [0.25, 0.3) is 0 Å². The predicted octanol–water partition coefficient (Wildman–Crippen LogP) is 3.21. The summed E-state index contributed by atoms with van der Waals surface area (Å²) >= 11 is 0. The number of anilines is 1. The first-order chi connectivity index (χ1) is 8.49. The Morgan fingerprint density at radius 3 is 2.16 bits per heavy atom. The van der Waals surface area contributed by atoms with Gasteiger partial charge < -0.3 is 10.6 Å². The molecule has 1 aromatic carbocycles. The van der Waals surface area contributed by atoms with Crippen molar-refractivity contribution in [3.05, 3.63) is 29.3 Å². The Morgan fingerprint density at radius 1 is 1.21 bits per heavy atom. The molecule has 0 radical (unpaired) electrons. The number of rotatable bonds is 5. The molecule has 1 unspecified atom stereocenters. The van der Waals surface area contributed by atoms with Gasteiger partial charge in [0.2, 0.25) is 5.91 Å². The number of hydrogen-bond acceptors (Lipinski definition) is 2. The standard InChI is InChI=1S/C15H24N2O.ClH/c1-5-7-14(16)15(18)17(6-2)13-9-11(3)8-12(4)10-13;/h8-10,14H,5-7,16H2,1-4H3;1H. The number of likely N-dealkylation sites (N-methyl/N-ethyl adjacent to an activating group) is 1. The molecule has 0 aliphatic heterocycles. The summed E-state index contributed by atoms with van der Waals surface area (Å²) in [6.45, 7) is 8.76. The zero-order valence-electron chi connectivity index (χ0n) is 12.3. The van der Waals surface area contributed by atoms with E-state index < -0.39 is 6.04 Å². The van der Waals surface area contributed by atoms with Crippen molar-refractivity contribution in [3.8, 4) is 0 Å². The summed E-state index contributed by atoms with van der Waals surface area (Å²) in [5, 5.41) is 0. The van der Waals surface area contributed by atoms with Gasteiger partial charge in [0.15, 0.2) is 0 Å². The predicted molar refractivity (Wildman–Crippen MR) is 84.1 cm³/mol. The quantitative estimate of drug-likeness (QED) is 0.902. The summed E-state index contributed by atoms with van der Waals surface area (Å²) in [6.07, 6.45) is 1.66. The highest BCUT2D eigenvalue weighted by atomic mass is 35.5. The summed E-state index contributed by atoms with van der Waals surface area (Å²) in [6, 6.07) is 5.78. The van der Waals surface area contributed by atoms with Crippen LogP contribution in [0, 0.1) is 13.8 Å². The van der Waals surface area contributed by atoms with Crippen LogP contribution >= 0.6 is 12.4 Å². The lowest BCUT2D eigenvalue weighted by Crippen LogP contribution is -2.43. The van der Waals surface area contributed by atoms with Crippen LogP contribution in [0.5, 0.6) is 0 Å². The summed E-state index contributed by atoms with van der Waals surface area (Å²) < 4.78 is 0. The molecule has 1 rings (SSSR count). The third kappa shape index (κ3) is 4.84. The second-order valence-corrected chi connectivity index (χ2v) is 4.82. The third-order valence-corrected chi connectivity index (χ3v) is 3.02. The highest BCUT2D eigenvalue weighted by molar-refractivity contribution is 5.97. The van der Waals surface area contributed by atoms with E-state index in [1.807, 2.05) is 39.8 Å². The fourth-order valence-electron chi connectivity index (χ4n) is 2.21. The number of carbonyl (C=O) groups excluding carboxylic acids is 1. The van der Waals surface area contributed by atoms with Crippen molar-refractivity contribution in [3.63, 3.8) is 0 Å². The van der Waals surface area contributed by atoms with Gasteiger partial charge in [-0.3, -0.25) is 4.79 Å². The highest BCUT2D eigenvalue weighted by Crippen LogP contribution is 2.19. The number of carbonyl (C=O) groups is 1. The van der Waals surface area contributed by atoms with Crippen molar-refractivity contribution in [2.45, 2.75) is 46.6 Å². The maximum atomic E-state index is 12.3. The Kier molecular flexibility index (Phi) is 7.72. The SMILES string of the molecule is CCCC(N)C(=O)N(CC)c1cc(C)cc(C)c1.Cl. The van der Waals surface area contributed by atoms with Crippen molar-refractivity contribution in [2.24, 2.45) is 5.73 Å². The summed E-state index contributed by atoms with van der Waals surface area (Å²) in [5.41, 5.74) is 9.21. The minimum atomic E-state index is -0.393. The molecule has 0 spiro atoms. The van der Waals surface area contributed by atoms with Gasteiger partial charge in [0.1, 0.15) is 0 Å². The van der Waals surface area contributed by atoms with Crippen LogP contribution in [0.15, 0.2) is 18.2 Å². The number of nitrogens with two attached hydrogens (primary N) is 1. The van der Waals surface area contributed by atoms with E-state index in [9.17, 15) is 4.79 Å². The minimum absolute atomic E-state index is 0. The number of benzene rings is 1. The van der Waals surface area contributed by atoms with Crippen LogP contribution in [0.3, 0.4) is 0 Å². The molecule has 0 saturated heterocycles. The fourth-order valence-corrected chi connectivity index (χ4v) is 2.21. The number of hydrogen-bond donors (Lipinski definition) is 1. The van der Waals surface area contributed by atoms with Gasteiger partial charge in [-0.05, 0) is 50.5 Å². The van der Waals surface area contributed by atoms with Crippen LogP contribution in [-0.4, -0.2) is 18.5 Å². The molecule has 1 amide bonds. The molecule has 19 heavy (non-hydrogen) atoms. The average molecular weight is 285 g/mol. The van der Waals surface area contributed by atoms with E-state index in [1.54, 1.807) is 4.90 Å². The van der Waals surface area contributed by atoms with Crippen LogP contribution in [0.1, 0.15) is 37.8 Å². The first-order valence-electron chi connectivity index (χ1n) is 6.64. The van der Waals surface area contributed by atoms with Crippen LogP contribution in [0.25, 0.3) is 0 Å². The lowest BCUT2D eigenvalue weighted by atomic mass is 10.1. The topological polar surface area (TPSA) is 46.3 Å². The first kappa shape index (κ1) is 17.9. The molecule has 0 aliphatic rings. The van der Waals surface area contributed by atoms with E-state index in [4.69, 9.17) is 5.73 Å². The van der Waals surface area contributed by atoms with Crippen molar-refractivity contribution in [1.82, 2.24) is 0 Å². The van der Waals surface area contributed by atoms with Crippen molar-refractivity contribution >= 4 is 24.0 Å². The zero-order chi connectivity index (χ0) is 13.7. The molecule has 1 atom stereocenters. The number of nitrogens with zero attached hydrogens (tertiary/aromatic N) is 1. The van der Waals surface area contributed by atoms with Crippen LogP contribution < -0.4 is 10.6 Å². The van der Waals surface area contributed by atoms with Gasteiger partial charge >= 0.3 is 0 Å². The maximum absolute atomic E-state index is 12.3. The molecule has 0 aromatic heterocycles. The van der Waals surface area contributed by atoms with Crippen molar-refractivity contribution in [1.29, 1.82) is 0 Å². The number of halogens is 1. The molecule has 3 nitrogen and oxygen atoms in total. The first-order valence-corrected chi connectivity index (χ1v) is 6.64. The minimum Gasteiger partial charge on any atom is -0.320 e. The molecule has 108 valence electrons. The Morgan fingerprint density at radius 2 is 1.74 bits per heavy atom. The molecular formula is C15H25ClN2O. The third-order valence-electron chi connectivity index (χ3n) is 3.02. The van der Waals surface area contributed by atoms with Crippen molar-refractivity contribution in [2.75, 3.05) is 11.4 Å². The molecule has 0 fully saturated rings. The second kappa shape index (κ2) is 8.18. The monoisotopic (exact) mass is 284 g/mol. The van der Waals surface area contributed by atoms with E-state index >= 15 is 0 Å². The van der Waals surface area contributed by atoms with Gasteiger partial charge in [-0.25, -0.2) is 0 Å². The van der Waals surface area contributed by atoms with Gasteiger partial charge in [0, 0.05) is 12.2 Å². The van der Waals surface area contributed by atoms with Gasteiger partial charge in [-0.1, -0.05) is 19.4 Å². The van der Waals surface area contributed by atoms with E-state index in [0.29, 0.717) is 6.54 Å². The normalized spacial score (nSPS) is 11.6. The number of aryl methyl sites for hydroxylation is 2. The highest BCUT2D eigenvalue weighted by Gasteiger charge is 2.20. The fraction of sp³-hybridized carbons (Fsp3) is 0.533. The summed E-state index contributed by atoms with van der Waals surface area (Å²) in [5.74, 6) is 0.0179. The lowest BCUT2D eigenvalue weighted by Gasteiger charge is -2.25. The maximum Gasteiger partial charge on any atom is 0.243 e. The summed E-state index contributed by atoms with van der Waals surface area (Å²) in [7, 11) is 0. The Labute approximate surface area is 122 Å². The van der Waals surface area contributed by atoms with E-state index in [-0.39, 0.29) is 18.3 Å². The van der Waals surface area contributed by atoms with E-state index in [1.165, 1.54) is 11.1 Å². The molecule has 2 N–H and O–H groups in total. The van der Waals surface area contributed by atoms with Gasteiger partial charge in [0.05, 0.1) is 6.04 Å². The van der Waals surface area contributed by atoms with Crippen LogP contribution in [0.4, 0.5) is 5.69 Å². The van der Waals surface area contributed by atoms with E-state index in [0.717, 1.165) is 18.5 Å². The molecule has 1 aromatic rings. The summed E-state index contributed by atoms with van der Waals surface area (Å²) in [4.78, 5) is 14.1. The lowest BCUT2D eigenvalue weighted by molar-refractivity contribution is -0.119. The van der Waals surface area contributed by atoms with Crippen LogP contribution in [-0.2, 0) is 4.79 Å². The molecular weight excluding hydrogens is 260 g/mol. The molecule has 0 bridgehead atoms. The average Bonchev–Trinajstić information content (AvgIpc) is 2.28. The molecule has 0 heterocycles. The zero-order valence-corrected chi connectivity index (χ0v) is 13.1. The van der Waals surface area contributed by atoms with Crippen molar-refractivity contribution < 1.29 is 4.79 Å². The number of amides is 1. The molecule has 0 saturated carbocycles. The Bertz CT molecular complexity index is 400. The Balaban J connectivity index is 0.00000324. The largest absolute Gasteiger partial charge is 0.320 e. The van der Waals surface area contributed by atoms with Gasteiger partial charge in [-0.15, -0.1) is 12.4 Å². The smallest absolute Gasteiger partial charge is 0.243 e. The molecule has 0 aliphatic carbocycles.